The minimum atomic E-state index is -0.573. The van der Waals surface area contributed by atoms with Gasteiger partial charge >= 0.3 is 11.9 Å². The van der Waals surface area contributed by atoms with Gasteiger partial charge in [0.25, 0.3) is 0 Å². The van der Waals surface area contributed by atoms with Crippen LogP contribution in [0.25, 0.3) is 6.08 Å². The van der Waals surface area contributed by atoms with Crippen molar-refractivity contribution in [2.45, 2.75) is 6.92 Å². The number of rotatable bonds is 6. The van der Waals surface area contributed by atoms with Crippen molar-refractivity contribution < 1.29 is 23.8 Å². The van der Waals surface area contributed by atoms with E-state index in [0.717, 1.165) is 0 Å². The monoisotopic (exact) mass is 481 g/mol. The van der Waals surface area contributed by atoms with Crippen LogP contribution in [0.3, 0.4) is 0 Å². The van der Waals surface area contributed by atoms with E-state index in [1.807, 2.05) is 6.92 Å². The molecular formula is C25H17Cl2NO5. The number of halogens is 2. The molecule has 1 aliphatic rings. The van der Waals surface area contributed by atoms with Crippen LogP contribution in [-0.2, 0) is 9.53 Å². The Labute approximate surface area is 200 Å². The number of esters is 2. The second kappa shape index (κ2) is 9.90. The first kappa shape index (κ1) is 22.6. The summed E-state index contributed by atoms with van der Waals surface area (Å²) < 4.78 is 16.4. The first-order chi connectivity index (χ1) is 15.9. The van der Waals surface area contributed by atoms with Crippen molar-refractivity contribution in [1.29, 1.82) is 0 Å². The Kier molecular flexibility index (Phi) is 6.77. The third-order valence-electron chi connectivity index (χ3n) is 4.57. The van der Waals surface area contributed by atoms with Crippen molar-refractivity contribution in [2.24, 2.45) is 4.99 Å². The summed E-state index contributed by atoms with van der Waals surface area (Å²) in [6.07, 6.45) is 1.57. The molecule has 0 aromatic heterocycles. The highest BCUT2D eigenvalue weighted by atomic mass is 35.5. The molecule has 0 fully saturated rings. The maximum Gasteiger partial charge on any atom is 0.363 e. The van der Waals surface area contributed by atoms with E-state index in [1.165, 1.54) is 0 Å². The molecule has 8 heteroatoms. The fraction of sp³-hybridized carbons (Fsp3) is 0.0800. The summed E-state index contributed by atoms with van der Waals surface area (Å²) >= 11 is 11.8. The molecule has 166 valence electrons. The molecule has 0 unspecified atom stereocenters. The summed E-state index contributed by atoms with van der Waals surface area (Å²) in [4.78, 5) is 29.0. The normalized spacial score (nSPS) is 14.1. The Bertz CT molecular complexity index is 1260. The summed E-state index contributed by atoms with van der Waals surface area (Å²) in [5.41, 5.74) is 1.74. The van der Waals surface area contributed by atoms with Gasteiger partial charge in [0, 0.05) is 15.6 Å². The predicted molar refractivity (Wildman–Crippen MR) is 126 cm³/mol. The molecule has 0 amide bonds. The highest BCUT2D eigenvalue weighted by molar-refractivity contribution is 6.31. The molecule has 0 saturated carbocycles. The third-order valence-corrected chi connectivity index (χ3v) is 5.07. The quantitative estimate of drug-likeness (QED) is 0.246. The van der Waals surface area contributed by atoms with E-state index in [2.05, 4.69) is 4.99 Å². The lowest BCUT2D eigenvalue weighted by Crippen LogP contribution is -2.09. The van der Waals surface area contributed by atoms with Gasteiger partial charge in [-0.2, -0.15) is 0 Å². The predicted octanol–water partition coefficient (Wildman–Crippen LogP) is 5.96. The van der Waals surface area contributed by atoms with E-state index in [4.69, 9.17) is 37.4 Å². The van der Waals surface area contributed by atoms with Crippen LogP contribution in [0.4, 0.5) is 0 Å². The van der Waals surface area contributed by atoms with Crippen molar-refractivity contribution in [3.63, 3.8) is 0 Å². The fourth-order valence-corrected chi connectivity index (χ4v) is 3.25. The first-order valence-electron chi connectivity index (χ1n) is 9.96. The van der Waals surface area contributed by atoms with Crippen molar-refractivity contribution in [1.82, 2.24) is 0 Å². The van der Waals surface area contributed by atoms with Crippen LogP contribution in [0, 0.1) is 0 Å². The molecular weight excluding hydrogens is 465 g/mol. The molecule has 33 heavy (non-hydrogen) atoms. The number of aliphatic imine (C=N–C) groups is 1. The van der Waals surface area contributed by atoms with Crippen molar-refractivity contribution in [3.05, 3.63) is 99.2 Å². The zero-order valence-electron chi connectivity index (χ0n) is 17.4. The highest BCUT2D eigenvalue weighted by Crippen LogP contribution is 2.31. The van der Waals surface area contributed by atoms with Crippen LogP contribution < -0.4 is 9.47 Å². The molecule has 0 aliphatic carbocycles. The van der Waals surface area contributed by atoms with Gasteiger partial charge in [-0.3, -0.25) is 0 Å². The standard InChI is InChI=1S/C25H17Cl2NO5/c1-2-31-22-14-15(3-12-21(22)32-24(29)17-6-10-19(27)11-7-17)13-20-25(30)33-23(28-20)16-4-8-18(26)9-5-16/h3-14H,2H2,1H3/b20-13+. The van der Waals surface area contributed by atoms with Crippen LogP contribution >= 0.6 is 23.2 Å². The zero-order chi connectivity index (χ0) is 23.4. The van der Waals surface area contributed by atoms with E-state index < -0.39 is 11.9 Å². The molecule has 3 aromatic rings. The molecule has 0 atom stereocenters. The summed E-state index contributed by atoms with van der Waals surface area (Å²) in [7, 11) is 0. The molecule has 6 nitrogen and oxygen atoms in total. The Hall–Kier alpha value is -3.61. The number of hydrogen-bond donors (Lipinski definition) is 0. The number of benzene rings is 3. The van der Waals surface area contributed by atoms with Crippen LogP contribution in [0.2, 0.25) is 10.0 Å². The first-order valence-corrected chi connectivity index (χ1v) is 10.7. The summed E-state index contributed by atoms with van der Waals surface area (Å²) in [6.45, 7) is 2.17. The van der Waals surface area contributed by atoms with Gasteiger partial charge in [0.15, 0.2) is 17.2 Å². The van der Waals surface area contributed by atoms with Gasteiger partial charge in [-0.25, -0.2) is 14.6 Å². The number of carbonyl (C=O) groups is 2. The smallest absolute Gasteiger partial charge is 0.363 e. The number of hydrogen-bond acceptors (Lipinski definition) is 6. The third kappa shape index (κ3) is 5.42. The lowest BCUT2D eigenvalue weighted by molar-refractivity contribution is -0.129. The van der Waals surface area contributed by atoms with Crippen LogP contribution in [0.1, 0.15) is 28.4 Å². The van der Waals surface area contributed by atoms with E-state index in [-0.39, 0.29) is 17.3 Å². The SMILES string of the molecule is CCOc1cc(/C=C2/N=C(c3ccc(Cl)cc3)OC2=O)ccc1OC(=O)c1ccc(Cl)cc1. The Morgan fingerprint density at radius 2 is 1.64 bits per heavy atom. The van der Waals surface area contributed by atoms with Gasteiger partial charge in [-0.05, 0) is 79.2 Å². The van der Waals surface area contributed by atoms with Gasteiger partial charge in [0.2, 0.25) is 5.90 Å². The van der Waals surface area contributed by atoms with Crippen LogP contribution in [-0.4, -0.2) is 24.4 Å². The van der Waals surface area contributed by atoms with E-state index in [1.54, 1.807) is 72.8 Å². The maximum atomic E-state index is 12.5. The molecule has 0 spiro atoms. The van der Waals surface area contributed by atoms with Crippen molar-refractivity contribution in [3.8, 4) is 11.5 Å². The second-order valence-electron chi connectivity index (χ2n) is 6.88. The van der Waals surface area contributed by atoms with Crippen molar-refractivity contribution in [2.75, 3.05) is 6.61 Å². The minimum absolute atomic E-state index is 0.133. The Morgan fingerprint density at radius 1 is 0.970 bits per heavy atom. The summed E-state index contributed by atoms with van der Waals surface area (Å²) in [5, 5.41) is 1.09. The minimum Gasteiger partial charge on any atom is -0.490 e. The molecule has 0 radical (unpaired) electrons. The highest BCUT2D eigenvalue weighted by Gasteiger charge is 2.24. The molecule has 1 aliphatic heterocycles. The van der Waals surface area contributed by atoms with Crippen LogP contribution in [0.5, 0.6) is 11.5 Å². The lowest BCUT2D eigenvalue weighted by Gasteiger charge is -2.11. The fourth-order valence-electron chi connectivity index (χ4n) is 2.99. The molecule has 4 rings (SSSR count). The maximum absolute atomic E-state index is 12.5. The number of nitrogens with zero attached hydrogens (tertiary/aromatic N) is 1. The van der Waals surface area contributed by atoms with Crippen LogP contribution in [0.15, 0.2) is 77.4 Å². The van der Waals surface area contributed by atoms with E-state index in [0.29, 0.717) is 39.1 Å². The van der Waals surface area contributed by atoms with E-state index in [9.17, 15) is 9.59 Å². The molecule has 3 aromatic carbocycles. The topological polar surface area (TPSA) is 74.2 Å². The summed E-state index contributed by atoms with van der Waals surface area (Å²) in [6, 6.07) is 18.1. The number of ether oxygens (including phenoxy) is 3. The Morgan fingerprint density at radius 3 is 2.30 bits per heavy atom. The molecule has 1 heterocycles. The number of carbonyl (C=O) groups excluding carboxylic acids is 2. The Balaban J connectivity index is 1.58. The van der Waals surface area contributed by atoms with Gasteiger partial charge in [-0.1, -0.05) is 29.3 Å². The molecule has 0 saturated heterocycles. The number of cyclic esters (lactones) is 1. The van der Waals surface area contributed by atoms with Gasteiger partial charge in [0.05, 0.1) is 12.2 Å². The largest absolute Gasteiger partial charge is 0.490 e. The van der Waals surface area contributed by atoms with Crippen molar-refractivity contribution >= 4 is 47.1 Å². The molecule has 0 bridgehead atoms. The average Bonchev–Trinajstić information content (AvgIpc) is 3.16. The van der Waals surface area contributed by atoms with Gasteiger partial charge < -0.3 is 14.2 Å². The molecule has 0 N–H and O–H groups in total. The average molecular weight is 482 g/mol. The second-order valence-corrected chi connectivity index (χ2v) is 7.75. The zero-order valence-corrected chi connectivity index (χ0v) is 18.9. The van der Waals surface area contributed by atoms with Gasteiger partial charge in [-0.15, -0.1) is 0 Å². The van der Waals surface area contributed by atoms with Gasteiger partial charge in [0.1, 0.15) is 0 Å². The lowest BCUT2D eigenvalue weighted by atomic mass is 10.1. The van der Waals surface area contributed by atoms with E-state index >= 15 is 0 Å². The summed E-state index contributed by atoms with van der Waals surface area (Å²) in [5.74, 6) is -0.325.